The van der Waals surface area contributed by atoms with Gasteiger partial charge in [0, 0.05) is 0 Å². The summed E-state index contributed by atoms with van der Waals surface area (Å²) in [5.41, 5.74) is -0.395. The summed E-state index contributed by atoms with van der Waals surface area (Å²) < 4.78 is 10.7. The van der Waals surface area contributed by atoms with Crippen LogP contribution < -0.4 is 5.32 Å². The summed E-state index contributed by atoms with van der Waals surface area (Å²) in [5, 5.41) is 3.04. The third kappa shape index (κ3) is 2.06. The van der Waals surface area contributed by atoms with Gasteiger partial charge in [-0.25, -0.2) is 0 Å². The summed E-state index contributed by atoms with van der Waals surface area (Å²) >= 11 is 0. The molecule has 0 bridgehead atoms. The molecule has 0 atom stereocenters. The molecule has 0 aromatic carbocycles. The molecule has 0 aliphatic carbocycles. The Morgan fingerprint density at radius 3 is 2.10 bits per heavy atom. The summed E-state index contributed by atoms with van der Waals surface area (Å²) in [5.74, 6) is 0. The van der Waals surface area contributed by atoms with E-state index in [2.05, 4.69) is 5.32 Å². The Labute approximate surface area is 59.8 Å². The molecule has 3 N–H and O–H groups in total. The highest BCUT2D eigenvalue weighted by atomic mass is 31.2. The van der Waals surface area contributed by atoms with Crippen molar-refractivity contribution in [2.45, 2.75) is 18.5 Å². The lowest BCUT2D eigenvalue weighted by Gasteiger charge is -2.22. The first-order chi connectivity index (χ1) is 4.61. The van der Waals surface area contributed by atoms with E-state index in [0.29, 0.717) is 12.8 Å². The minimum atomic E-state index is -3.78. The van der Waals surface area contributed by atoms with Crippen LogP contribution in [-0.4, -0.2) is 28.5 Å². The third-order valence-corrected chi connectivity index (χ3v) is 3.25. The molecular weight excluding hydrogens is 153 g/mol. The van der Waals surface area contributed by atoms with Gasteiger partial charge in [0.1, 0.15) is 0 Å². The van der Waals surface area contributed by atoms with Gasteiger partial charge in [0.05, 0.1) is 5.66 Å². The van der Waals surface area contributed by atoms with E-state index in [1.807, 2.05) is 0 Å². The maximum absolute atomic E-state index is 10.7. The fourth-order valence-corrected chi connectivity index (χ4v) is 2.07. The molecule has 0 spiro atoms. The maximum Gasteiger partial charge on any atom is 0.328 e. The quantitative estimate of drug-likeness (QED) is 0.475. The molecule has 1 heterocycles. The Bertz CT molecular complexity index is 149. The van der Waals surface area contributed by atoms with E-state index >= 15 is 0 Å². The van der Waals surface area contributed by atoms with E-state index < -0.39 is 13.3 Å². The molecule has 1 aliphatic heterocycles. The number of piperidine rings is 1. The summed E-state index contributed by atoms with van der Waals surface area (Å²) in [7, 11) is -3.78. The van der Waals surface area contributed by atoms with Crippen molar-refractivity contribution in [2.75, 3.05) is 13.1 Å². The average molecular weight is 165 g/mol. The van der Waals surface area contributed by atoms with Crippen LogP contribution in [0.2, 0.25) is 0 Å². The predicted molar refractivity (Wildman–Crippen MR) is 37.9 cm³/mol. The normalized spacial score (nSPS) is 23.0. The van der Waals surface area contributed by atoms with Crippen molar-refractivity contribution in [1.82, 2.24) is 5.32 Å². The van der Waals surface area contributed by atoms with Gasteiger partial charge in [0.2, 0.25) is 0 Å². The molecule has 1 aliphatic rings. The highest BCUT2D eigenvalue weighted by molar-refractivity contribution is 7.52. The van der Waals surface area contributed by atoms with Crippen molar-refractivity contribution >= 4 is 7.60 Å². The van der Waals surface area contributed by atoms with Gasteiger partial charge < -0.3 is 15.1 Å². The van der Waals surface area contributed by atoms with Crippen LogP contribution in [0.3, 0.4) is 0 Å². The minimum absolute atomic E-state index is 0.395. The van der Waals surface area contributed by atoms with E-state index in [-0.39, 0.29) is 0 Å². The molecule has 0 aromatic heterocycles. The first-order valence-corrected chi connectivity index (χ1v) is 5.05. The van der Waals surface area contributed by atoms with Crippen LogP contribution in [-0.2, 0) is 4.57 Å². The van der Waals surface area contributed by atoms with Crippen LogP contribution in [0, 0.1) is 0 Å². The molecule has 1 rings (SSSR count). The summed E-state index contributed by atoms with van der Waals surface area (Å²) in [4.78, 5) is 17.5. The van der Waals surface area contributed by atoms with E-state index in [4.69, 9.17) is 9.79 Å². The van der Waals surface area contributed by atoms with Gasteiger partial charge in [-0.2, -0.15) is 0 Å². The summed E-state index contributed by atoms with van der Waals surface area (Å²) in [6, 6.07) is 0. The smallest absolute Gasteiger partial charge is 0.324 e. The van der Waals surface area contributed by atoms with E-state index in [1.54, 1.807) is 0 Å². The predicted octanol–water partition coefficient (Wildman–Crippen LogP) is -0.0839. The monoisotopic (exact) mass is 165 g/mol. The van der Waals surface area contributed by atoms with Crippen molar-refractivity contribution in [2.24, 2.45) is 0 Å². The Morgan fingerprint density at radius 1 is 1.30 bits per heavy atom. The van der Waals surface area contributed by atoms with Crippen LogP contribution in [0.25, 0.3) is 0 Å². The second kappa shape index (κ2) is 3.01. The van der Waals surface area contributed by atoms with Crippen molar-refractivity contribution in [3.63, 3.8) is 0 Å². The second-order valence-electron chi connectivity index (χ2n) is 2.57. The lowest BCUT2D eigenvalue weighted by atomic mass is 10.2. The van der Waals surface area contributed by atoms with Crippen LogP contribution in [0.5, 0.6) is 0 Å². The largest absolute Gasteiger partial charge is 0.328 e. The molecule has 0 radical (unpaired) electrons. The van der Waals surface area contributed by atoms with Gasteiger partial charge in [-0.15, -0.1) is 0 Å². The van der Waals surface area contributed by atoms with E-state index in [9.17, 15) is 4.57 Å². The van der Waals surface area contributed by atoms with E-state index in [0.717, 1.165) is 13.1 Å². The summed E-state index contributed by atoms with van der Waals surface area (Å²) in [6.45, 7) is 1.46. The van der Waals surface area contributed by atoms with Crippen LogP contribution in [0.1, 0.15) is 12.8 Å². The van der Waals surface area contributed by atoms with Gasteiger partial charge in [0.15, 0.2) is 0 Å². The SMILES string of the molecule is O=P(O)(O)C1CCNCC1. The molecule has 0 saturated carbocycles. The Balaban J connectivity index is 2.47. The Morgan fingerprint density at radius 2 is 1.80 bits per heavy atom. The van der Waals surface area contributed by atoms with Crippen molar-refractivity contribution in [3.05, 3.63) is 0 Å². The van der Waals surface area contributed by atoms with Crippen LogP contribution in [0.4, 0.5) is 0 Å². The van der Waals surface area contributed by atoms with Gasteiger partial charge in [-0.1, -0.05) is 0 Å². The molecule has 10 heavy (non-hydrogen) atoms. The zero-order chi connectivity index (χ0) is 7.61. The Kier molecular flexibility index (Phi) is 2.47. The molecule has 4 nitrogen and oxygen atoms in total. The highest BCUT2D eigenvalue weighted by Gasteiger charge is 2.29. The standard InChI is InChI=1S/C5H12NO3P/c7-10(8,9)5-1-3-6-4-2-5/h5-6H,1-4H2,(H2,7,8,9). The number of hydrogen-bond donors (Lipinski definition) is 3. The Hall–Kier alpha value is 0.110. The lowest BCUT2D eigenvalue weighted by molar-refractivity contribution is 0.340. The van der Waals surface area contributed by atoms with Gasteiger partial charge in [-0.3, -0.25) is 4.57 Å². The highest BCUT2D eigenvalue weighted by Crippen LogP contribution is 2.44. The van der Waals surface area contributed by atoms with Crippen molar-refractivity contribution < 1.29 is 14.4 Å². The topological polar surface area (TPSA) is 69.6 Å². The first-order valence-electron chi connectivity index (χ1n) is 3.36. The molecule has 1 fully saturated rings. The lowest BCUT2D eigenvalue weighted by Crippen LogP contribution is -2.30. The molecule has 1 saturated heterocycles. The molecule has 0 amide bonds. The fraction of sp³-hybridized carbons (Fsp3) is 1.00. The molecular formula is C5H12NO3P. The van der Waals surface area contributed by atoms with Gasteiger partial charge >= 0.3 is 7.60 Å². The third-order valence-electron chi connectivity index (χ3n) is 1.78. The fourth-order valence-electron chi connectivity index (χ4n) is 1.14. The van der Waals surface area contributed by atoms with Crippen molar-refractivity contribution in [3.8, 4) is 0 Å². The molecule has 60 valence electrons. The van der Waals surface area contributed by atoms with Crippen molar-refractivity contribution in [1.29, 1.82) is 0 Å². The molecule has 0 aromatic rings. The van der Waals surface area contributed by atoms with E-state index in [1.165, 1.54) is 0 Å². The summed E-state index contributed by atoms with van der Waals surface area (Å²) in [6.07, 6.45) is 1.20. The second-order valence-corrected chi connectivity index (χ2v) is 4.48. The molecule has 5 heteroatoms. The number of hydrogen-bond acceptors (Lipinski definition) is 2. The average Bonchev–Trinajstić information content (AvgIpc) is 1.88. The van der Waals surface area contributed by atoms with Gasteiger partial charge in [0.25, 0.3) is 0 Å². The zero-order valence-electron chi connectivity index (χ0n) is 5.66. The first kappa shape index (κ1) is 8.21. The molecule has 0 unspecified atom stereocenters. The maximum atomic E-state index is 10.7. The van der Waals surface area contributed by atoms with Crippen LogP contribution >= 0.6 is 7.60 Å². The van der Waals surface area contributed by atoms with Crippen LogP contribution in [0.15, 0.2) is 0 Å². The van der Waals surface area contributed by atoms with Gasteiger partial charge in [-0.05, 0) is 25.9 Å². The number of nitrogens with one attached hydrogen (secondary N) is 1. The zero-order valence-corrected chi connectivity index (χ0v) is 6.55. The number of rotatable bonds is 1. The minimum Gasteiger partial charge on any atom is -0.324 e.